The number of anilines is 1. The Kier molecular flexibility index (Phi) is 4.29. The van der Waals surface area contributed by atoms with E-state index in [1.165, 1.54) is 24.1 Å². The molecule has 0 aromatic heterocycles. The molecule has 0 aliphatic rings. The molecule has 0 heterocycles. The minimum absolute atomic E-state index is 1.06. The van der Waals surface area contributed by atoms with E-state index in [-0.39, 0.29) is 0 Å². The lowest BCUT2D eigenvalue weighted by Gasteiger charge is -2.06. The van der Waals surface area contributed by atoms with Crippen molar-refractivity contribution in [3.63, 3.8) is 0 Å². The molecule has 13 heavy (non-hydrogen) atoms. The topological polar surface area (TPSA) is 12.0 Å². The summed E-state index contributed by atoms with van der Waals surface area (Å²) in [5, 5.41) is 3.40. The summed E-state index contributed by atoms with van der Waals surface area (Å²) in [4.78, 5) is 0. The number of unbranched alkanes of at least 4 members (excludes halogenated alkanes) is 1. The summed E-state index contributed by atoms with van der Waals surface area (Å²) in [6, 6.07) is 6.40. The Hall–Kier alpha value is -0.500. The zero-order valence-electron chi connectivity index (χ0n) is 8.23. The molecule has 0 amide bonds. The second-order valence-electron chi connectivity index (χ2n) is 3.30. The molecule has 72 valence electrons. The number of nitrogens with one attached hydrogen (secondary N) is 1. The maximum atomic E-state index is 3.48. The third kappa shape index (κ3) is 3.81. The van der Waals surface area contributed by atoms with E-state index in [0.717, 1.165) is 11.0 Å². The molecule has 1 aromatic carbocycles. The first-order valence-electron chi connectivity index (χ1n) is 4.73. The van der Waals surface area contributed by atoms with Crippen LogP contribution in [0.25, 0.3) is 0 Å². The van der Waals surface area contributed by atoms with Crippen molar-refractivity contribution < 1.29 is 0 Å². The van der Waals surface area contributed by atoms with Gasteiger partial charge in [0.15, 0.2) is 0 Å². The number of rotatable bonds is 4. The van der Waals surface area contributed by atoms with Crippen LogP contribution in [0.2, 0.25) is 0 Å². The molecule has 0 unspecified atom stereocenters. The third-order valence-electron chi connectivity index (χ3n) is 1.90. The Bertz CT molecular complexity index is 251. The van der Waals surface area contributed by atoms with Crippen LogP contribution in [0.1, 0.15) is 25.3 Å². The molecule has 0 aliphatic carbocycles. The van der Waals surface area contributed by atoms with Crippen LogP contribution < -0.4 is 5.32 Å². The monoisotopic (exact) mass is 241 g/mol. The molecule has 1 nitrogen and oxygen atoms in total. The first-order chi connectivity index (χ1) is 6.22. The van der Waals surface area contributed by atoms with E-state index in [9.17, 15) is 0 Å². The van der Waals surface area contributed by atoms with E-state index in [2.05, 4.69) is 53.3 Å². The first kappa shape index (κ1) is 10.6. The molecule has 0 saturated heterocycles. The highest BCUT2D eigenvalue weighted by atomic mass is 79.9. The van der Waals surface area contributed by atoms with Gasteiger partial charge in [0.2, 0.25) is 0 Å². The summed E-state index contributed by atoms with van der Waals surface area (Å²) < 4.78 is 1.14. The van der Waals surface area contributed by atoms with Gasteiger partial charge in [-0.1, -0.05) is 29.3 Å². The van der Waals surface area contributed by atoms with Crippen molar-refractivity contribution in [3.8, 4) is 0 Å². The van der Waals surface area contributed by atoms with Gasteiger partial charge < -0.3 is 5.32 Å². The second-order valence-corrected chi connectivity index (χ2v) is 4.21. The van der Waals surface area contributed by atoms with Crippen molar-refractivity contribution in [2.24, 2.45) is 0 Å². The SMILES string of the molecule is CCCCNc1cc(C)cc(Br)c1. The lowest BCUT2D eigenvalue weighted by Crippen LogP contribution is -2.00. The van der Waals surface area contributed by atoms with Gasteiger partial charge in [-0.2, -0.15) is 0 Å². The minimum atomic E-state index is 1.06. The van der Waals surface area contributed by atoms with Crippen molar-refractivity contribution in [2.45, 2.75) is 26.7 Å². The summed E-state index contributed by atoms with van der Waals surface area (Å²) >= 11 is 3.48. The normalized spacial score (nSPS) is 10.1. The van der Waals surface area contributed by atoms with Crippen LogP contribution in [0.3, 0.4) is 0 Å². The third-order valence-corrected chi connectivity index (χ3v) is 2.36. The van der Waals surface area contributed by atoms with Gasteiger partial charge in [-0.3, -0.25) is 0 Å². The average Bonchev–Trinajstić information content (AvgIpc) is 2.03. The number of halogens is 1. The maximum absolute atomic E-state index is 3.48. The van der Waals surface area contributed by atoms with E-state index < -0.39 is 0 Å². The summed E-state index contributed by atoms with van der Waals surface area (Å²) in [5.41, 5.74) is 2.49. The Balaban J connectivity index is 2.56. The summed E-state index contributed by atoms with van der Waals surface area (Å²) in [6.45, 7) is 5.37. The van der Waals surface area contributed by atoms with Crippen LogP contribution >= 0.6 is 15.9 Å². The van der Waals surface area contributed by atoms with Gasteiger partial charge >= 0.3 is 0 Å². The number of benzene rings is 1. The smallest absolute Gasteiger partial charge is 0.0354 e. The second kappa shape index (κ2) is 5.28. The number of hydrogen-bond donors (Lipinski definition) is 1. The highest BCUT2D eigenvalue weighted by Crippen LogP contribution is 2.18. The summed E-state index contributed by atoms with van der Waals surface area (Å²) in [5.74, 6) is 0. The van der Waals surface area contributed by atoms with E-state index >= 15 is 0 Å². The molecule has 2 heteroatoms. The van der Waals surface area contributed by atoms with Crippen molar-refractivity contribution in [2.75, 3.05) is 11.9 Å². The molecule has 0 spiro atoms. The van der Waals surface area contributed by atoms with Gasteiger partial charge in [-0.15, -0.1) is 0 Å². The Morgan fingerprint density at radius 1 is 1.31 bits per heavy atom. The predicted octanol–water partition coefficient (Wildman–Crippen LogP) is 3.97. The molecule has 0 bridgehead atoms. The molecule has 0 fully saturated rings. The number of aryl methyl sites for hydroxylation is 1. The van der Waals surface area contributed by atoms with Gasteiger partial charge in [0.05, 0.1) is 0 Å². The fourth-order valence-electron chi connectivity index (χ4n) is 1.25. The highest BCUT2D eigenvalue weighted by Gasteiger charge is 1.94. The molecular weight excluding hydrogens is 226 g/mol. The summed E-state index contributed by atoms with van der Waals surface area (Å²) in [7, 11) is 0. The van der Waals surface area contributed by atoms with Crippen LogP contribution in [0.15, 0.2) is 22.7 Å². The molecule has 0 saturated carbocycles. The zero-order chi connectivity index (χ0) is 9.68. The van der Waals surface area contributed by atoms with E-state index in [1.807, 2.05) is 0 Å². The van der Waals surface area contributed by atoms with Crippen LogP contribution in [-0.4, -0.2) is 6.54 Å². The fraction of sp³-hybridized carbons (Fsp3) is 0.455. The van der Waals surface area contributed by atoms with Crippen molar-refractivity contribution >= 4 is 21.6 Å². The van der Waals surface area contributed by atoms with E-state index in [4.69, 9.17) is 0 Å². The maximum Gasteiger partial charge on any atom is 0.0354 e. The van der Waals surface area contributed by atoms with Crippen LogP contribution in [-0.2, 0) is 0 Å². The van der Waals surface area contributed by atoms with Gasteiger partial charge in [0.1, 0.15) is 0 Å². The van der Waals surface area contributed by atoms with Crippen LogP contribution in [0, 0.1) is 6.92 Å². The van der Waals surface area contributed by atoms with Gasteiger partial charge in [-0.05, 0) is 37.1 Å². The Morgan fingerprint density at radius 3 is 2.69 bits per heavy atom. The van der Waals surface area contributed by atoms with E-state index in [1.54, 1.807) is 0 Å². The number of hydrogen-bond acceptors (Lipinski definition) is 1. The predicted molar refractivity (Wildman–Crippen MR) is 62.3 cm³/mol. The zero-order valence-corrected chi connectivity index (χ0v) is 9.82. The Labute approximate surface area is 88.7 Å². The summed E-state index contributed by atoms with van der Waals surface area (Å²) in [6.07, 6.45) is 2.46. The first-order valence-corrected chi connectivity index (χ1v) is 5.52. The van der Waals surface area contributed by atoms with Gasteiger partial charge in [-0.25, -0.2) is 0 Å². The molecule has 1 N–H and O–H groups in total. The largest absolute Gasteiger partial charge is 0.385 e. The fourth-order valence-corrected chi connectivity index (χ4v) is 1.86. The van der Waals surface area contributed by atoms with Crippen LogP contribution in [0.5, 0.6) is 0 Å². The lowest BCUT2D eigenvalue weighted by molar-refractivity contribution is 0.834. The van der Waals surface area contributed by atoms with Crippen LogP contribution in [0.4, 0.5) is 5.69 Å². The Morgan fingerprint density at radius 2 is 2.08 bits per heavy atom. The van der Waals surface area contributed by atoms with E-state index in [0.29, 0.717) is 0 Å². The molecule has 0 radical (unpaired) electrons. The minimum Gasteiger partial charge on any atom is -0.385 e. The molecule has 0 atom stereocenters. The highest BCUT2D eigenvalue weighted by molar-refractivity contribution is 9.10. The van der Waals surface area contributed by atoms with Crippen molar-refractivity contribution in [1.82, 2.24) is 0 Å². The molecule has 0 aliphatic heterocycles. The standard InChI is InChI=1S/C11H16BrN/c1-3-4-5-13-11-7-9(2)6-10(12)8-11/h6-8,13H,3-5H2,1-2H3. The molecule has 1 rings (SSSR count). The quantitative estimate of drug-likeness (QED) is 0.787. The lowest BCUT2D eigenvalue weighted by atomic mass is 10.2. The van der Waals surface area contributed by atoms with Crippen molar-refractivity contribution in [1.29, 1.82) is 0 Å². The average molecular weight is 242 g/mol. The van der Waals surface area contributed by atoms with Gasteiger partial charge in [0, 0.05) is 16.7 Å². The van der Waals surface area contributed by atoms with Gasteiger partial charge in [0.25, 0.3) is 0 Å². The molecule has 1 aromatic rings. The van der Waals surface area contributed by atoms with Crippen molar-refractivity contribution in [3.05, 3.63) is 28.2 Å². The molecular formula is C11H16BrN.